The molecule has 0 aliphatic carbocycles. The van der Waals surface area contributed by atoms with E-state index in [2.05, 4.69) is 15.2 Å². The quantitative estimate of drug-likeness (QED) is 0.334. The van der Waals surface area contributed by atoms with Crippen LogP contribution in [0, 0.1) is 11.6 Å². The van der Waals surface area contributed by atoms with E-state index in [1.54, 1.807) is 18.3 Å². The number of nitrogens with zero attached hydrogens (tertiary/aromatic N) is 4. The van der Waals surface area contributed by atoms with Gasteiger partial charge in [-0.2, -0.15) is 5.10 Å². The highest BCUT2D eigenvalue weighted by Gasteiger charge is 2.16. The fraction of sp³-hybridized carbons (Fsp3) is 0.0714. The number of halogens is 2. The van der Waals surface area contributed by atoms with E-state index >= 15 is 0 Å². The number of nitrogens with two attached hydrogens (primary N) is 1. The van der Waals surface area contributed by atoms with Crippen molar-refractivity contribution in [2.45, 2.75) is 6.54 Å². The zero-order valence-corrected chi connectivity index (χ0v) is 11.2. The third-order valence-corrected chi connectivity index (χ3v) is 3.19. The van der Waals surface area contributed by atoms with Gasteiger partial charge in [-0.15, -0.1) is 0 Å². The molecule has 0 aliphatic rings. The molecule has 1 aromatic carbocycles. The van der Waals surface area contributed by atoms with Gasteiger partial charge in [0.05, 0.1) is 11.9 Å². The number of oxime groups is 1. The Hall–Kier alpha value is -3.03. The summed E-state index contributed by atoms with van der Waals surface area (Å²) in [5.41, 5.74) is 6.54. The number of benzene rings is 1. The van der Waals surface area contributed by atoms with Crippen molar-refractivity contribution in [3.63, 3.8) is 0 Å². The number of hydrogen-bond donors (Lipinski definition) is 2. The van der Waals surface area contributed by atoms with Crippen LogP contribution in [0.5, 0.6) is 0 Å². The van der Waals surface area contributed by atoms with Crippen molar-refractivity contribution in [1.29, 1.82) is 0 Å². The van der Waals surface area contributed by atoms with E-state index in [1.807, 2.05) is 0 Å². The fourth-order valence-electron chi connectivity index (χ4n) is 2.17. The van der Waals surface area contributed by atoms with Gasteiger partial charge in [0.2, 0.25) is 0 Å². The second-order valence-electron chi connectivity index (χ2n) is 4.60. The lowest BCUT2D eigenvalue weighted by molar-refractivity contribution is 0.318. The summed E-state index contributed by atoms with van der Waals surface area (Å²) in [7, 11) is 0. The van der Waals surface area contributed by atoms with Crippen LogP contribution in [0.3, 0.4) is 0 Å². The van der Waals surface area contributed by atoms with Gasteiger partial charge in [0.1, 0.15) is 17.3 Å². The van der Waals surface area contributed by atoms with Crippen LogP contribution in [-0.2, 0) is 6.54 Å². The molecule has 22 heavy (non-hydrogen) atoms. The Morgan fingerprint density at radius 1 is 1.32 bits per heavy atom. The van der Waals surface area contributed by atoms with Crippen molar-refractivity contribution in [3.05, 3.63) is 59.4 Å². The SMILES string of the molecule is N/C(=N/O)c1nn(Cc2ccc(F)cc2F)c2ncccc12. The van der Waals surface area contributed by atoms with Gasteiger partial charge in [0.25, 0.3) is 0 Å². The molecule has 0 radical (unpaired) electrons. The van der Waals surface area contributed by atoms with Gasteiger partial charge in [-0.25, -0.2) is 18.4 Å². The molecule has 3 N–H and O–H groups in total. The monoisotopic (exact) mass is 303 g/mol. The maximum atomic E-state index is 13.8. The summed E-state index contributed by atoms with van der Waals surface area (Å²) in [4.78, 5) is 4.17. The summed E-state index contributed by atoms with van der Waals surface area (Å²) in [6.45, 7) is 0.0400. The number of fused-ring (bicyclic) bond motifs is 1. The van der Waals surface area contributed by atoms with Gasteiger partial charge >= 0.3 is 0 Å². The normalized spacial score (nSPS) is 12.0. The molecule has 0 aliphatic heterocycles. The minimum atomic E-state index is -0.676. The first-order valence-electron chi connectivity index (χ1n) is 6.33. The Kier molecular flexibility index (Phi) is 3.42. The topological polar surface area (TPSA) is 89.3 Å². The second kappa shape index (κ2) is 5.40. The van der Waals surface area contributed by atoms with Gasteiger partial charge in [-0.1, -0.05) is 11.2 Å². The van der Waals surface area contributed by atoms with E-state index in [1.165, 1.54) is 16.8 Å². The second-order valence-corrected chi connectivity index (χ2v) is 4.60. The van der Waals surface area contributed by atoms with Crippen molar-refractivity contribution < 1.29 is 14.0 Å². The van der Waals surface area contributed by atoms with Crippen molar-refractivity contribution in [1.82, 2.24) is 14.8 Å². The van der Waals surface area contributed by atoms with E-state index in [9.17, 15) is 8.78 Å². The van der Waals surface area contributed by atoms with E-state index in [4.69, 9.17) is 10.9 Å². The Morgan fingerprint density at radius 2 is 2.14 bits per heavy atom. The molecular formula is C14H11F2N5O. The van der Waals surface area contributed by atoms with Gasteiger partial charge in [0.15, 0.2) is 11.5 Å². The zero-order valence-electron chi connectivity index (χ0n) is 11.2. The zero-order chi connectivity index (χ0) is 15.7. The summed E-state index contributed by atoms with van der Waals surface area (Å²) < 4.78 is 28.2. The fourth-order valence-corrected chi connectivity index (χ4v) is 2.17. The van der Waals surface area contributed by atoms with Crippen molar-refractivity contribution in [3.8, 4) is 0 Å². The molecule has 0 atom stereocenters. The standard InChI is InChI=1S/C14H11F2N5O/c15-9-4-3-8(11(16)6-9)7-21-14-10(2-1-5-18-14)12(19-21)13(17)20-22/h1-6,22H,7H2,(H2,17,20). The number of pyridine rings is 1. The first kappa shape index (κ1) is 13.9. The van der Waals surface area contributed by atoms with Crippen LogP contribution < -0.4 is 5.73 Å². The lowest BCUT2D eigenvalue weighted by atomic mass is 10.2. The van der Waals surface area contributed by atoms with Crippen LogP contribution >= 0.6 is 0 Å². The van der Waals surface area contributed by atoms with Crippen LogP contribution in [0.25, 0.3) is 11.0 Å². The van der Waals surface area contributed by atoms with Crippen molar-refractivity contribution >= 4 is 16.9 Å². The van der Waals surface area contributed by atoms with E-state index in [-0.39, 0.29) is 23.6 Å². The Labute approximate surface area is 123 Å². The summed E-state index contributed by atoms with van der Waals surface area (Å²) in [5, 5.41) is 16.5. The van der Waals surface area contributed by atoms with Crippen molar-refractivity contribution in [2.24, 2.45) is 10.9 Å². The molecule has 112 valence electrons. The van der Waals surface area contributed by atoms with Crippen LogP contribution in [0.2, 0.25) is 0 Å². The molecule has 0 spiro atoms. The molecule has 0 amide bonds. The van der Waals surface area contributed by atoms with Gasteiger partial charge in [0, 0.05) is 17.8 Å². The Bertz CT molecular complexity index is 875. The molecule has 0 saturated heterocycles. The predicted octanol–water partition coefficient (Wildman–Crippen LogP) is 1.85. The largest absolute Gasteiger partial charge is 0.409 e. The maximum absolute atomic E-state index is 13.8. The third kappa shape index (κ3) is 2.34. The third-order valence-electron chi connectivity index (χ3n) is 3.19. The molecular weight excluding hydrogens is 292 g/mol. The lowest BCUT2D eigenvalue weighted by Crippen LogP contribution is -2.15. The van der Waals surface area contributed by atoms with Crippen LogP contribution in [0.4, 0.5) is 8.78 Å². The number of rotatable bonds is 3. The Morgan fingerprint density at radius 3 is 2.86 bits per heavy atom. The van der Waals surface area contributed by atoms with E-state index in [0.29, 0.717) is 11.0 Å². The average Bonchev–Trinajstić information content (AvgIpc) is 2.88. The highest BCUT2D eigenvalue weighted by Crippen LogP contribution is 2.18. The van der Waals surface area contributed by atoms with Gasteiger partial charge < -0.3 is 10.9 Å². The van der Waals surface area contributed by atoms with Crippen LogP contribution in [-0.4, -0.2) is 25.8 Å². The smallest absolute Gasteiger partial charge is 0.191 e. The molecule has 8 heteroatoms. The minimum Gasteiger partial charge on any atom is -0.409 e. The van der Waals surface area contributed by atoms with E-state index < -0.39 is 11.6 Å². The summed E-state index contributed by atoms with van der Waals surface area (Å²) in [6, 6.07) is 6.70. The van der Waals surface area contributed by atoms with Crippen LogP contribution in [0.15, 0.2) is 41.7 Å². The summed E-state index contributed by atoms with van der Waals surface area (Å²) in [5.74, 6) is -1.50. The van der Waals surface area contributed by atoms with Crippen molar-refractivity contribution in [2.75, 3.05) is 0 Å². The van der Waals surface area contributed by atoms with E-state index in [0.717, 1.165) is 6.07 Å². The predicted molar refractivity (Wildman–Crippen MR) is 75.5 cm³/mol. The maximum Gasteiger partial charge on any atom is 0.191 e. The summed E-state index contributed by atoms with van der Waals surface area (Å²) >= 11 is 0. The van der Waals surface area contributed by atoms with Gasteiger partial charge in [-0.3, -0.25) is 0 Å². The molecule has 0 fully saturated rings. The molecule has 3 aromatic rings. The highest BCUT2D eigenvalue weighted by molar-refractivity contribution is 6.05. The molecule has 3 rings (SSSR count). The van der Waals surface area contributed by atoms with Gasteiger partial charge in [-0.05, 0) is 18.2 Å². The molecule has 2 heterocycles. The number of hydrogen-bond acceptors (Lipinski definition) is 4. The summed E-state index contributed by atoms with van der Waals surface area (Å²) in [6.07, 6.45) is 1.55. The molecule has 0 saturated carbocycles. The first-order valence-corrected chi connectivity index (χ1v) is 6.33. The minimum absolute atomic E-state index is 0.0400. The molecule has 0 bridgehead atoms. The number of aromatic nitrogens is 3. The first-order chi connectivity index (χ1) is 10.6. The molecule has 0 unspecified atom stereocenters. The highest BCUT2D eigenvalue weighted by atomic mass is 19.1. The number of amidine groups is 1. The molecule has 6 nitrogen and oxygen atoms in total. The average molecular weight is 303 g/mol. The Balaban J connectivity index is 2.11. The molecule has 2 aromatic heterocycles. The van der Waals surface area contributed by atoms with Crippen LogP contribution in [0.1, 0.15) is 11.3 Å². The lowest BCUT2D eigenvalue weighted by Gasteiger charge is -2.04.